The van der Waals surface area contributed by atoms with Gasteiger partial charge in [-0.3, -0.25) is 4.57 Å². The van der Waals surface area contributed by atoms with Crippen LogP contribution in [0.3, 0.4) is 0 Å². The number of hydrogen-bond acceptors (Lipinski definition) is 5. The second-order valence-corrected chi connectivity index (χ2v) is 3.25. The summed E-state index contributed by atoms with van der Waals surface area (Å²) in [5.41, 5.74) is 5.48. The van der Waals surface area contributed by atoms with E-state index >= 15 is 0 Å². The van der Waals surface area contributed by atoms with E-state index in [1.165, 1.54) is 11.8 Å². The van der Waals surface area contributed by atoms with Crippen molar-refractivity contribution in [3.8, 4) is 6.07 Å². The highest BCUT2D eigenvalue weighted by molar-refractivity contribution is 7.99. The van der Waals surface area contributed by atoms with Crippen LogP contribution in [0, 0.1) is 11.3 Å². The Bertz CT molecular complexity index is 299. The smallest absolute Gasteiger partial charge is 0.223 e. The maximum atomic E-state index is 8.46. The zero-order chi connectivity index (χ0) is 8.97. The molecule has 0 bridgehead atoms. The van der Waals surface area contributed by atoms with Crippen LogP contribution in [0.25, 0.3) is 0 Å². The first-order chi connectivity index (χ1) is 5.79. The van der Waals surface area contributed by atoms with E-state index in [2.05, 4.69) is 10.2 Å². The summed E-state index contributed by atoms with van der Waals surface area (Å²) in [6.45, 7) is 2.22. The van der Waals surface area contributed by atoms with Gasteiger partial charge in [0.25, 0.3) is 0 Å². The third-order valence-corrected chi connectivity index (χ3v) is 2.10. The summed E-state index contributed by atoms with van der Waals surface area (Å²) in [7, 11) is 0. The molecule has 0 saturated heterocycles. The minimum Gasteiger partial charge on any atom is -0.368 e. The van der Waals surface area contributed by atoms with Crippen LogP contribution in [0.15, 0.2) is 5.16 Å². The summed E-state index contributed by atoms with van der Waals surface area (Å²) in [5, 5.41) is 16.7. The molecule has 6 heteroatoms. The highest BCUT2D eigenvalue weighted by Crippen LogP contribution is 2.16. The van der Waals surface area contributed by atoms with Crippen molar-refractivity contribution in [2.45, 2.75) is 18.6 Å². The Balaban J connectivity index is 2.89. The molecule has 64 valence electrons. The second-order valence-electron chi connectivity index (χ2n) is 2.02. The predicted octanol–water partition coefficient (Wildman–Crippen LogP) is 0.496. The Morgan fingerprint density at radius 2 is 2.42 bits per heavy atom. The topological polar surface area (TPSA) is 80.5 Å². The number of thioether (sulfide) groups is 1. The molecule has 0 unspecified atom stereocenters. The number of aromatic nitrogens is 3. The van der Waals surface area contributed by atoms with Gasteiger partial charge in [-0.1, -0.05) is 18.7 Å². The third kappa shape index (κ3) is 1.68. The van der Waals surface area contributed by atoms with E-state index in [4.69, 9.17) is 11.0 Å². The fourth-order valence-electron chi connectivity index (χ4n) is 0.755. The summed E-state index contributed by atoms with van der Waals surface area (Å²) in [6, 6.07) is 2.00. The van der Waals surface area contributed by atoms with Crippen molar-refractivity contribution in [3.63, 3.8) is 0 Å². The Hall–Kier alpha value is -1.22. The van der Waals surface area contributed by atoms with Gasteiger partial charge in [0.15, 0.2) is 5.16 Å². The molecule has 1 aromatic rings. The molecule has 5 nitrogen and oxygen atoms in total. The number of nitrogens with zero attached hydrogens (tertiary/aromatic N) is 4. The highest BCUT2D eigenvalue weighted by Gasteiger charge is 2.07. The molecule has 0 aliphatic carbocycles. The normalized spacial score (nSPS) is 9.67. The van der Waals surface area contributed by atoms with Crippen LogP contribution in [0.5, 0.6) is 0 Å². The van der Waals surface area contributed by atoms with Gasteiger partial charge in [-0.25, -0.2) is 0 Å². The van der Waals surface area contributed by atoms with Gasteiger partial charge >= 0.3 is 0 Å². The van der Waals surface area contributed by atoms with Crippen molar-refractivity contribution < 1.29 is 0 Å². The molecular formula is C6H9N5S. The molecule has 1 rings (SSSR count). The zero-order valence-electron chi connectivity index (χ0n) is 6.69. The molecule has 0 aromatic carbocycles. The summed E-state index contributed by atoms with van der Waals surface area (Å²) < 4.78 is 1.59. The van der Waals surface area contributed by atoms with Crippen molar-refractivity contribution in [1.29, 1.82) is 5.26 Å². The summed E-state index contributed by atoms with van der Waals surface area (Å²) in [5.74, 6) is 1.19. The molecule has 2 N–H and O–H groups in total. The van der Waals surface area contributed by atoms with Crippen LogP contribution in [0.1, 0.15) is 6.92 Å². The number of anilines is 1. The Morgan fingerprint density at radius 1 is 1.67 bits per heavy atom. The van der Waals surface area contributed by atoms with Gasteiger partial charge in [0.05, 0.1) is 6.07 Å². The monoisotopic (exact) mass is 183 g/mol. The lowest BCUT2D eigenvalue weighted by atomic mass is 10.7. The number of hydrogen-bond donors (Lipinski definition) is 1. The lowest BCUT2D eigenvalue weighted by molar-refractivity contribution is 0.740. The molecule has 0 atom stereocenters. The first-order valence-electron chi connectivity index (χ1n) is 3.48. The third-order valence-electron chi connectivity index (χ3n) is 1.25. The first kappa shape index (κ1) is 8.87. The quantitative estimate of drug-likeness (QED) is 0.690. The van der Waals surface area contributed by atoms with Gasteiger partial charge in [-0.2, -0.15) is 5.26 Å². The van der Waals surface area contributed by atoms with E-state index in [-0.39, 0.29) is 6.54 Å². The molecule has 0 aliphatic rings. The van der Waals surface area contributed by atoms with Gasteiger partial charge in [0, 0.05) is 0 Å². The molecular weight excluding hydrogens is 174 g/mol. The fourth-order valence-corrected chi connectivity index (χ4v) is 1.43. The molecule has 0 amide bonds. The van der Waals surface area contributed by atoms with E-state index in [0.29, 0.717) is 11.1 Å². The van der Waals surface area contributed by atoms with Crippen LogP contribution in [0.2, 0.25) is 0 Å². The molecule has 0 spiro atoms. The molecule has 1 heterocycles. The Labute approximate surface area is 74.6 Å². The number of nitrogen functional groups attached to an aromatic ring is 1. The van der Waals surface area contributed by atoms with Crippen LogP contribution in [0.4, 0.5) is 5.95 Å². The van der Waals surface area contributed by atoms with Crippen LogP contribution in [-0.4, -0.2) is 20.5 Å². The SMILES string of the molecule is CCSc1nnc(N)n1CC#N. The summed E-state index contributed by atoms with van der Waals surface area (Å²) in [4.78, 5) is 0. The van der Waals surface area contributed by atoms with E-state index in [9.17, 15) is 0 Å². The first-order valence-corrected chi connectivity index (χ1v) is 4.46. The van der Waals surface area contributed by atoms with Crippen molar-refractivity contribution in [3.05, 3.63) is 0 Å². The maximum Gasteiger partial charge on any atom is 0.223 e. The lowest BCUT2D eigenvalue weighted by Crippen LogP contribution is -2.03. The van der Waals surface area contributed by atoms with Crippen molar-refractivity contribution in [1.82, 2.24) is 14.8 Å². The van der Waals surface area contributed by atoms with Gasteiger partial charge in [0.2, 0.25) is 5.95 Å². The van der Waals surface area contributed by atoms with Gasteiger partial charge in [0.1, 0.15) is 6.54 Å². The molecule has 0 radical (unpaired) electrons. The van der Waals surface area contributed by atoms with Gasteiger partial charge < -0.3 is 5.73 Å². The van der Waals surface area contributed by atoms with Crippen LogP contribution in [-0.2, 0) is 6.54 Å². The highest BCUT2D eigenvalue weighted by atomic mass is 32.2. The van der Waals surface area contributed by atoms with Crippen molar-refractivity contribution in [2.75, 3.05) is 11.5 Å². The standard InChI is InChI=1S/C6H9N5S/c1-2-12-6-10-9-5(8)11(6)4-3-7/h2,4H2,1H3,(H2,8,9). The number of nitrogens with two attached hydrogens (primary N) is 1. The van der Waals surface area contributed by atoms with Crippen LogP contribution >= 0.6 is 11.8 Å². The van der Waals surface area contributed by atoms with E-state index < -0.39 is 0 Å². The minimum absolute atomic E-state index is 0.209. The largest absolute Gasteiger partial charge is 0.368 e. The summed E-state index contributed by atoms with van der Waals surface area (Å²) in [6.07, 6.45) is 0. The van der Waals surface area contributed by atoms with Gasteiger partial charge in [-0.15, -0.1) is 10.2 Å². The van der Waals surface area contributed by atoms with Crippen LogP contribution < -0.4 is 5.73 Å². The van der Waals surface area contributed by atoms with E-state index in [0.717, 1.165) is 5.75 Å². The molecule has 0 saturated carbocycles. The lowest BCUT2D eigenvalue weighted by Gasteiger charge is -1.99. The average Bonchev–Trinajstić information content (AvgIpc) is 2.37. The van der Waals surface area contributed by atoms with Crippen molar-refractivity contribution >= 4 is 17.7 Å². The fraction of sp³-hybridized carbons (Fsp3) is 0.500. The Morgan fingerprint density at radius 3 is 3.00 bits per heavy atom. The number of nitriles is 1. The molecule has 0 aliphatic heterocycles. The minimum atomic E-state index is 0.209. The van der Waals surface area contributed by atoms with Gasteiger partial charge in [-0.05, 0) is 5.75 Å². The predicted molar refractivity (Wildman–Crippen MR) is 46.4 cm³/mol. The average molecular weight is 183 g/mol. The number of rotatable bonds is 3. The maximum absolute atomic E-state index is 8.46. The van der Waals surface area contributed by atoms with E-state index in [1.54, 1.807) is 4.57 Å². The molecule has 0 fully saturated rings. The second kappa shape index (κ2) is 3.97. The molecule has 1 aromatic heterocycles. The Kier molecular flexibility index (Phi) is 2.94. The summed E-state index contributed by atoms with van der Waals surface area (Å²) >= 11 is 1.52. The van der Waals surface area contributed by atoms with Crippen molar-refractivity contribution in [2.24, 2.45) is 0 Å². The molecule has 12 heavy (non-hydrogen) atoms. The van der Waals surface area contributed by atoms with E-state index in [1.807, 2.05) is 13.0 Å². The zero-order valence-corrected chi connectivity index (χ0v) is 7.51.